The summed E-state index contributed by atoms with van der Waals surface area (Å²) in [5.41, 5.74) is 3.01. The lowest BCUT2D eigenvalue weighted by Crippen LogP contribution is -2.00. The summed E-state index contributed by atoms with van der Waals surface area (Å²) < 4.78 is 10.9. The topological polar surface area (TPSA) is 31.4 Å². The van der Waals surface area contributed by atoms with Crippen molar-refractivity contribution >= 4 is 15.9 Å². The molecule has 0 aliphatic rings. The van der Waals surface area contributed by atoms with Gasteiger partial charge in [0.15, 0.2) is 0 Å². The van der Waals surface area contributed by atoms with Gasteiger partial charge in [0, 0.05) is 23.2 Å². The monoisotopic (exact) mass is 321 g/mol. The number of ether oxygens (including phenoxy) is 2. The molecule has 0 atom stereocenters. The molecular weight excluding hydrogens is 306 g/mol. The first-order valence-electron chi connectivity index (χ1n) is 6.00. The fraction of sp³-hybridized carbons (Fsp3) is 0.267. The summed E-state index contributed by atoms with van der Waals surface area (Å²) in [4.78, 5) is 4.42. The summed E-state index contributed by atoms with van der Waals surface area (Å²) in [7, 11) is 1.65. The highest BCUT2D eigenvalue weighted by molar-refractivity contribution is 9.08. The molecule has 4 heteroatoms. The van der Waals surface area contributed by atoms with Gasteiger partial charge in [-0.1, -0.05) is 28.1 Å². The molecule has 0 aliphatic heterocycles. The van der Waals surface area contributed by atoms with Crippen LogP contribution in [0.5, 0.6) is 11.5 Å². The Labute approximate surface area is 121 Å². The van der Waals surface area contributed by atoms with Crippen molar-refractivity contribution in [3.8, 4) is 11.5 Å². The minimum Gasteiger partial charge on any atom is -0.497 e. The number of halogens is 1. The van der Waals surface area contributed by atoms with Gasteiger partial charge in [-0.2, -0.15) is 0 Å². The normalized spacial score (nSPS) is 10.3. The molecule has 0 fully saturated rings. The lowest BCUT2D eigenvalue weighted by molar-refractivity contribution is 0.300. The molecule has 0 spiro atoms. The van der Waals surface area contributed by atoms with Crippen LogP contribution in [0, 0.1) is 6.92 Å². The number of rotatable bonds is 5. The minimum absolute atomic E-state index is 0.436. The molecule has 19 heavy (non-hydrogen) atoms. The number of nitrogens with zero attached hydrogens (tertiary/aromatic N) is 1. The van der Waals surface area contributed by atoms with E-state index in [2.05, 4.69) is 20.9 Å². The van der Waals surface area contributed by atoms with Crippen molar-refractivity contribution in [3.05, 3.63) is 53.3 Å². The molecule has 1 aromatic carbocycles. The second-order valence-electron chi connectivity index (χ2n) is 4.21. The molecule has 100 valence electrons. The standard InChI is InChI=1S/C15H16BrNO2/c1-11-7-15(18-2)8-13(17-11)10-19-14-5-3-12(9-16)4-6-14/h3-8H,9-10H2,1-2H3. The van der Waals surface area contributed by atoms with E-state index in [1.54, 1.807) is 7.11 Å². The third-order valence-electron chi connectivity index (χ3n) is 2.68. The van der Waals surface area contributed by atoms with E-state index >= 15 is 0 Å². The van der Waals surface area contributed by atoms with E-state index in [-0.39, 0.29) is 0 Å². The number of benzene rings is 1. The molecule has 3 nitrogen and oxygen atoms in total. The molecule has 0 saturated heterocycles. The molecular formula is C15H16BrNO2. The predicted molar refractivity (Wildman–Crippen MR) is 78.9 cm³/mol. The highest BCUT2D eigenvalue weighted by Crippen LogP contribution is 2.17. The molecule has 0 aliphatic carbocycles. The summed E-state index contributed by atoms with van der Waals surface area (Å²) in [6.07, 6.45) is 0. The second kappa shape index (κ2) is 6.57. The van der Waals surface area contributed by atoms with Crippen LogP contribution in [-0.2, 0) is 11.9 Å². The van der Waals surface area contributed by atoms with Gasteiger partial charge in [-0.25, -0.2) is 0 Å². The Morgan fingerprint density at radius 3 is 2.47 bits per heavy atom. The third kappa shape index (κ3) is 3.96. The van der Waals surface area contributed by atoms with Crippen LogP contribution in [0.2, 0.25) is 0 Å². The third-order valence-corrected chi connectivity index (χ3v) is 3.33. The maximum atomic E-state index is 5.71. The molecule has 0 saturated carbocycles. The van der Waals surface area contributed by atoms with Crippen molar-refractivity contribution in [3.63, 3.8) is 0 Å². The van der Waals surface area contributed by atoms with E-state index in [4.69, 9.17) is 9.47 Å². The first kappa shape index (κ1) is 13.9. The van der Waals surface area contributed by atoms with Crippen LogP contribution in [0.3, 0.4) is 0 Å². The largest absolute Gasteiger partial charge is 0.497 e. The zero-order chi connectivity index (χ0) is 13.7. The number of hydrogen-bond donors (Lipinski definition) is 0. The Bertz CT molecular complexity index is 540. The van der Waals surface area contributed by atoms with Crippen LogP contribution < -0.4 is 9.47 Å². The van der Waals surface area contributed by atoms with Crippen molar-refractivity contribution < 1.29 is 9.47 Å². The van der Waals surface area contributed by atoms with Crippen LogP contribution in [0.4, 0.5) is 0 Å². The Balaban J connectivity index is 2.03. The molecule has 0 radical (unpaired) electrons. The Kier molecular flexibility index (Phi) is 4.80. The zero-order valence-corrected chi connectivity index (χ0v) is 12.6. The number of methoxy groups -OCH3 is 1. The highest BCUT2D eigenvalue weighted by atomic mass is 79.9. The van der Waals surface area contributed by atoms with E-state index in [0.29, 0.717) is 6.61 Å². The first-order chi connectivity index (χ1) is 9.21. The van der Waals surface area contributed by atoms with Crippen molar-refractivity contribution in [2.45, 2.75) is 18.9 Å². The van der Waals surface area contributed by atoms with Crippen molar-refractivity contribution in [1.82, 2.24) is 4.98 Å². The summed E-state index contributed by atoms with van der Waals surface area (Å²) in [5, 5.41) is 0.851. The van der Waals surface area contributed by atoms with Gasteiger partial charge in [0.25, 0.3) is 0 Å². The zero-order valence-electron chi connectivity index (χ0n) is 11.0. The van der Waals surface area contributed by atoms with Crippen LogP contribution in [0.1, 0.15) is 17.0 Å². The first-order valence-corrected chi connectivity index (χ1v) is 7.12. The fourth-order valence-electron chi connectivity index (χ4n) is 1.73. The molecule has 2 aromatic rings. The maximum absolute atomic E-state index is 5.71. The Hall–Kier alpha value is -1.55. The van der Waals surface area contributed by atoms with Crippen LogP contribution in [0.15, 0.2) is 36.4 Å². The molecule has 2 rings (SSSR count). The molecule has 0 N–H and O–H groups in total. The summed E-state index contributed by atoms with van der Waals surface area (Å²) in [5.74, 6) is 1.65. The van der Waals surface area contributed by atoms with E-state index in [1.807, 2.05) is 43.3 Å². The van der Waals surface area contributed by atoms with Crippen molar-refractivity contribution in [2.75, 3.05) is 7.11 Å². The second-order valence-corrected chi connectivity index (χ2v) is 4.77. The predicted octanol–water partition coefficient (Wildman–Crippen LogP) is 3.87. The number of alkyl halides is 1. The van der Waals surface area contributed by atoms with Crippen LogP contribution >= 0.6 is 15.9 Å². The number of aromatic nitrogens is 1. The van der Waals surface area contributed by atoms with E-state index in [9.17, 15) is 0 Å². The van der Waals surface area contributed by atoms with E-state index < -0.39 is 0 Å². The Morgan fingerprint density at radius 2 is 1.84 bits per heavy atom. The van der Waals surface area contributed by atoms with Gasteiger partial charge >= 0.3 is 0 Å². The highest BCUT2D eigenvalue weighted by Gasteiger charge is 2.02. The molecule has 0 amide bonds. The quantitative estimate of drug-likeness (QED) is 0.783. The SMILES string of the molecule is COc1cc(C)nc(COc2ccc(CBr)cc2)c1. The fourth-order valence-corrected chi connectivity index (χ4v) is 2.10. The number of hydrogen-bond acceptors (Lipinski definition) is 3. The average Bonchev–Trinajstić information content (AvgIpc) is 2.45. The van der Waals surface area contributed by atoms with Crippen molar-refractivity contribution in [2.24, 2.45) is 0 Å². The van der Waals surface area contributed by atoms with E-state index in [1.165, 1.54) is 5.56 Å². The minimum atomic E-state index is 0.436. The smallest absolute Gasteiger partial charge is 0.130 e. The lowest BCUT2D eigenvalue weighted by Gasteiger charge is -2.08. The molecule has 1 aromatic heterocycles. The van der Waals surface area contributed by atoms with Crippen LogP contribution in [-0.4, -0.2) is 12.1 Å². The number of aryl methyl sites for hydroxylation is 1. The molecule has 1 heterocycles. The van der Waals surface area contributed by atoms with Gasteiger partial charge < -0.3 is 9.47 Å². The van der Waals surface area contributed by atoms with Gasteiger partial charge in [0.2, 0.25) is 0 Å². The van der Waals surface area contributed by atoms with Gasteiger partial charge in [0.1, 0.15) is 18.1 Å². The van der Waals surface area contributed by atoms with Crippen molar-refractivity contribution in [1.29, 1.82) is 0 Å². The summed E-state index contributed by atoms with van der Waals surface area (Å²) in [6, 6.07) is 11.8. The molecule has 0 bridgehead atoms. The molecule has 0 unspecified atom stereocenters. The average molecular weight is 322 g/mol. The van der Waals surface area contributed by atoms with Gasteiger partial charge in [0.05, 0.1) is 12.8 Å². The van der Waals surface area contributed by atoms with Gasteiger partial charge in [-0.3, -0.25) is 4.98 Å². The lowest BCUT2D eigenvalue weighted by atomic mass is 10.2. The van der Waals surface area contributed by atoms with Gasteiger partial charge in [-0.05, 0) is 24.6 Å². The van der Waals surface area contributed by atoms with Gasteiger partial charge in [-0.15, -0.1) is 0 Å². The van der Waals surface area contributed by atoms with E-state index in [0.717, 1.165) is 28.2 Å². The summed E-state index contributed by atoms with van der Waals surface area (Å²) >= 11 is 3.42. The maximum Gasteiger partial charge on any atom is 0.130 e. The Morgan fingerprint density at radius 1 is 1.11 bits per heavy atom. The van der Waals surface area contributed by atoms with Crippen LogP contribution in [0.25, 0.3) is 0 Å². The number of pyridine rings is 1. The summed E-state index contributed by atoms with van der Waals surface area (Å²) in [6.45, 7) is 2.38.